The van der Waals surface area contributed by atoms with Gasteiger partial charge in [-0.25, -0.2) is 0 Å². The van der Waals surface area contributed by atoms with E-state index in [9.17, 15) is 0 Å². The van der Waals surface area contributed by atoms with E-state index in [-0.39, 0.29) is 0 Å². The van der Waals surface area contributed by atoms with Crippen molar-refractivity contribution in [3.63, 3.8) is 0 Å². The van der Waals surface area contributed by atoms with Gasteiger partial charge in [0.15, 0.2) is 0 Å². The molecule has 0 aliphatic heterocycles. The SMILES string of the molecule is Cc1cc(Oc2ccccc2C(N)=S)ccc1C(C)C. The van der Waals surface area contributed by atoms with Crippen molar-refractivity contribution in [3.8, 4) is 11.5 Å². The molecule has 2 aromatic carbocycles. The van der Waals surface area contributed by atoms with Gasteiger partial charge < -0.3 is 10.5 Å². The summed E-state index contributed by atoms with van der Waals surface area (Å²) in [6, 6.07) is 13.7. The summed E-state index contributed by atoms with van der Waals surface area (Å²) >= 11 is 5.04. The van der Waals surface area contributed by atoms with Gasteiger partial charge in [-0.1, -0.05) is 44.3 Å². The summed E-state index contributed by atoms with van der Waals surface area (Å²) in [5.41, 5.74) is 9.03. The first kappa shape index (κ1) is 14.5. The molecule has 2 nitrogen and oxygen atoms in total. The van der Waals surface area contributed by atoms with Gasteiger partial charge in [-0.05, 0) is 48.2 Å². The number of hydrogen-bond donors (Lipinski definition) is 1. The zero-order chi connectivity index (χ0) is 14.7. The van der Waals surface area contributed by atoms with Crippen LogP contribution < -0.4 is 10.5 Å². The van der Waals surface area contributed by atoms with Gasteiger partial charge in [0.2, 0.25) is 0 Å². The highest BCUT2D eigenvalue weighted by Gasteiger charge is 2.09. The van der Waals surface area contributed by atoms with Crippen molar-refractivity contribution in [2.24, 2.45) is 5.73 Å². The van der Waals surface area contributed by atoms with Crippen LogP contribution in [0.4, 0.5) is 0 Å². The number of aryl methyl sites for hydroxylation is 1. The van der Waals surface area contributed by atoms with Crippen LogP contribution in [0.2, 0.25) is 0 Å². The van der Waals surface area contributed by atoms with E-state index >= 15 is 0 Å². The summed E-state index contributed by atoms with van der Waals surface area (Å²) in [4.78, 5) is 0.344. The van der Waals surface area contributed by atoms with Gasteiger partial charge in [0, 0.05) is 0 Å². The second kappa shape index (κ2) is 6.06. The Morgan fingerprint density at radius 3 is 2.45 bits per heavy atom. The van der Waals surface area contributed by atoms with E-state index in [1.165, 1.54) is 11.1 Å². The zero-order valence-electron chi connectivity index (χ0n) is 12.0. The van der Waals surface area contributed by atoms with Gasteiger partial charge in [0.25, 0.3) is 0 Å². The third-order valence-electron chi connectivity index (χ3n) is 3.24. The Morgan fingerprint density at radius 2 is 1.85 bits per heavy atom. The van der Waals surface area contributed by atoms with Crippen LogP contribution in [0.15, 0.2) is 42.5 Å². The van der Waals surface area contributed by atoms with Crippen molar-refractivity contribution in [2.75, 3.05) is 0 Å². The highest BCUT2D eigenvalue weighted by molar-refractivity contribution is 7.80. The number of hydrogen-bond acceptors (Lipinski definition) is 2. The third kappa shape index (κ3) is 3.17. The summed E-state index contributed by atoms with van der Waals surface area (Å²) in [7, 11) is 0. The lowest BCUT2D eigenvalue weighted by Crippen LogP contribution is -2.10. The Hall–Kier alpha value is -1.87. The summed E-state index contributed by atoms with van der Waals surface area (Å²) in [5.74, 6) is 2.00. The first-order valence-corrected chi connectivity index (χ1v) is 7.07. The molecule has 0 aliphatic rings. The van der Waals surface area contributed by atoms with Crippen molar-refractivity contribution >= 4 is 17.2 Å². The van der Waals surface area contributed by atoms with E-state index in [0.29, 0.717) is 16.7 Å². The standard InChI is InChI=1S/C17H19NOS/c1-11(2)14-9-8-13(10-12(14)3)19-16-7-5-4-6-15(16)17(18)20/h4-11H,1-3H3,(H2,18,20). The van der Waals surface area contributed by atoms with Crippen molar-refractivity contribution in [2.45, 2.75) is 26.7 Å². The monoisotopic (exact) mass is 285 g/mol. The quantitative estimate of drug-likeness (QED) is 0.837. The predicted molar refractivity (Wildman–Crippen MR) is 87.7 cm³/mol. The van der Waals surface area contributed by atoms with Crippen LogP contribution in [-0.2, 0) is 0 Å². The van der Waals surface area contributed by atoms with E-state index in [1.807, 2.05) is 36.4 Å². The molecule has 0 heterocycles. The van der Waals surface area contributed by atoms with Gasteiger partial charge in [-0.15, -0.1) is 0 Å². The molecule has 0 saturated carbocycles. The lowest BCUT2D eigenvalue weighted by molar-refractivity contribution is 0.481. The number of rotatable bonds is 4. The third-order valence-corrected chi connectivity index (χ3v) is 3.46. The van der Waals surface area contributed by atoms with Crippen LogP contribution in [0.3, 0.4) is 0 Å². The molecule has 0 radical (unpaired) electrons. The van der Waals surface area contributed by atoms with Gasteiger partial charge in [-0.3, -0.25) is 0 Å². The molecule has 0 saturated heterocycles. The Kier molecular flexibility index (Phi) is 4.40. The number of ether oxygens (including phenoxy) is 1. The Bertz CT molecular complexity index is 635. The molecule has 0 fully saturated rings. The molecule has 0 spiro atoms. The number of thiocarbonyl (C=S) groups is 1. The molecular formula is C17H19NOS. The largest absolute Gasteiger partial charge is 0.457 e. The van der Waals surface area contributed by atoms with Crippen molar-refractivity contribution in [1.82, 2.24) is 0 Å². The highest BCUT2D eigenvalue weighted by atomic mass is 32.1. The van der Waals surface area contributed by atoms with Crippen molar-refractivity contribution in [1.29, 1.82) is 0 Å². The molecule has 104 valence electrons. The fraction of sp³-hybridized carbons (Fsp3) is 0.235. The molecule has 20 heavy (non-hydrogen) atoms. The molecule has 0 amide bonds. The molecule has 0 aromatic heterocycles. The fourth-order valence-electron chi connectivity index (χ4n) is 2.25. The summed E-state index contributed by atoms with van der Waals surface area (Å²) in [6.45, 7) is 6.47. The normalized spacial score (nSPS) is 10.6. The van der Waals surface area contributed by atoms with Crippen LogP contribution in [0, 0.1) is 6.92 Å². The van der Waals surface area contributed by atoms with Gasteiger partial charge >= 0.3 is 0 Å². The second-order valence-corrected chi connectivity index (χ2v) is 5.58. The molecule has 2 N–H and O–H groups in total. The van der Waals surface area contributed by atoms with E-state index in [1.54, 1.807) is 0 Å². The zero-order valence-corrected chi connectivity index (χ0v) is 12.8. The minimum atomic E-state index is 0.344. The summed E-state index contributed by atoms with van der Waals surface area (Å²) in [5, 5.41) is 0. The van der Waals surface area contributed by atoms with Crippen LogP contribution in [-0.4, -0.2) is 4.99 Å². The smallest absolute Gasteiger partial charge is 0.137 e. The first-order chi connectivity index (χ1) is 9.49. The maximum Gasteiger partial charge on any atom is 0.137 e. The Labute approximate surface area is 125 Å². The second-order valence-electron chi connectivity index (χ2n) is 5.14. The maximum absolute atomic E-state index is 5.92. The maximum atomic E-state index is 5.92. The van der Waals surface area contributed by atoms with Crippen LogP contribution >= 0.6 is 12.2 Å². The van der Waals surface area contributed by atoms with Crippen LogP contribution in [0.25, 0.3) is 0 Å². The molecule has 0 bridgehead atoms. The Morgan fingerprint density at radius 1 is 1.15 bits per heavy atom. The van der Waals surface area contributed by atoms with Crippen LogP contribution in [0.5, 0.6) is 11.5 Å². The molecule has 0 unspecified atom stereocenters. The van der Waals surface area contributed by atoms with Crippen LogP contribution in [0.1, 0.15) is 36.5 Å². The van der Waals surface area contributed by atoms with Crippen molar-refractivity contribution in [3.05, 3.63) is 59.2 Å². The number of para-hydroxylation sites is 1. The predicted octanol–water partition coefficient (Wildman–Crippen LogP) is 4.54. The summed E-state index contributed by atoms with van der Waals surface area (Å²) < 4.78 is 5.92. The van der Waals surface area contributed by atoms with Gasteiger partial charge in [0.05, 0.1) is 5.56 Å². The molecule has 3 heteroatoms. The average molecular weight is 285 g/mol. The topological polar surface area (TPSA) is 35.2 Å². The number of nitrogens with two attached hydrogens (primary N) is 1. The average Bonchev–Trinajstić information content (AvgIpc) is 2.38. The Balaban J connectivity index is 2.31. The molecular weight excluding hydrogens is 266 g/mol. The molecule has 0 aliphatic carbocycles. The lowest BCUT2D eigenvalue weighted by atomic mass is 9.98. The van der Waals surface area contributed by atoms with Gasteiger partial charge in [0.1, 0.15) is 16.5 Å². The van der Waals surface area contributed by atoms with Gasteiger partial charge in [-0.2, -0.15) is 0 Å². The molecule has 0 atom stereocenters. The highest BCUT2D eigenvalue weighted by Crippen LogP contribution is 2.28. The van der Waals surface area contributed by atoms with E-state index < -0.39 is 0 Å². The lowest BCUT2D eigenvalue weighted by Gasteiger charge is -2.14. The first-order valence-electron chi connectivity index (χ1n) is 6.66. The van der Waals surface area contributed by atoms with E-state index in [4.69, 9.17) is 22.7 Å². The molecule has 2 rings (SSSR count). The minimum Gasteiger partial charge on any atom is -0.457 e. The number of benzene rings is 2. The van der Waals surface area contributed by atoms with Crippen molar-refractivity contribution < 1.29 is 4.74 Å². The van der Waals surface area contributed by atoms with E-state index in [2.05, 4.69) is 26.8 Å². The fourth-order valence-corrected chi connectivity index (χ4v) is 2.41. The summed E-state index contributed by atoms with van der Waals surface area (Å²) in [6.07, 6.45) is 0. The minimum absolute atomic E-state index is 0.344. The molecule has 2 aromatic rings. The van der Waals surface area contributed by atoms with E-state index in [0.717, 1.165) is 11.3 Å².